The molecule has 0 spiro atoms. The molecule has 0 saturated carbocycles. The lowest BCUT2D eigenvalue weighted by molar-refractivity contribution is -0.122. The van der Waals surface area contributed by atoms with E-state index in [1.807, 2.05) is 0 Å². The van der Waals surface area contributed by atoms with Gasteiger partial charge in [0.25, 0.3) is 5.91 Å². The number of ketones is 1. The number of nitrogens with one attached hydrogen (secondary N) is 3. The topological polar surface area (TPSA) is 165 Å². The zero-order chi connectivity index (χ0) is 18.9. The van der Waals surface area contributed by atoms with Gasteiger partial charge in [0.15, 0.2) is 17.3 Å². The second-order valence-electron chi connectivity index (χ2n) is 5.80. The molecule has 10 nitrogen and oxygen atoms in total. The van der Waals surface area contributed by atoms with Gasteiger partial charge in [-0.25, -0.2) is 9.97 Å². The largest absolute Gasteiger partial charge is 0.379 e. The molecule has 0 radical (unpaired) electrons. The summed E-state index contributed by atoms with van der Waals surface area (Å²) in [6.07, 6.45) is 1.47. The third-order valence-corrected chi connectivity index (χ3v) is 3.86. The lowest BCUT2D eigenvalue weighted by atomic mass is 10.1. The molecule has 3 rings (SSSR count). The smallest absolute Gasteiger partial charge is 0.276 e. The summed E-state index contributed by atoms with van der Waals surface area (Å²) < 4.78 is 0. The first-order chi connectivity index (χ1) is 12.3. The van der Waals surface area contributed by atoms with Gasteiger partial charge in [-0.2, -0.15) is 0 Å². The molecule has 134 valence electrons. The molecule has 1 atom stereocenters. The van der Waals surface area contributed by atoms with Crippen molar-refractivity contribution in [3.63, 3.8) is 0 Å². The van der Waals surface area contributed by atoms with Crippen LogP contribution in [0.25, 0.3) is 0 Å². The van der Waals surface area contributed by atoms with E-state index in [9.17, 15) is 14.4 Å². The van der Waals surface area contributed by atoms with Crippen molar-refractivity contribution < 1.29 is 14.4 Å². The predicted molar refractivity (Wildman–Crippen MR) is 93.0 cm³/mol. The number of aromatic nitrogens is 2. The number of carbonyl (C=O) groups excluding carboxylic acids is 3. The van der Waals surface area contributed by atoms with Crippen LogP contribution in [-0.2, 0) is 11.3 Å². The number of hydrogen-bond donors (Lipinski definition) is 5. The van der Waals surface area contributed by atoms with Crippen molar-refractivity contribution in [1.29, 1.82) is 0 Å². The highest BCUT2D eigenvalue weighted by atomic mass is 16.2. The molecule has 10 heteroatoms. The molecule has 2 aromatic rings. The van der Waals surface area contributed by atoms with Gasteiger partial charge >= 0.3 is 0 Å². The van der Waals surface area contributed by atoms with E-state index in [0.717, 1.165) is 5.69 Å². The van der Waals surface area contributed by atoms with Crippen LogP contribution in [0.3, 0.4) is 0 Å². The standard InChI is InChI=1S/C16H17N7O3/c1-8(24)16(18)22-14-12(15(26)23-16)21-11(7-20-14)6-19-10-4-2-9(3-5-10)13(17)25/h2-5,7,19H,6,18H2,1H3,(H2,17,25)(H,20,22)(H,23,26). The van der Waals surface area contributed by atoms with Crippen LogP contribution >= 0.6 is 0 Å². The van der Waals surface area contributed by atoms with Gasteiger partial charge in [-0.3, -0.25) is 20.1 Å². The summed E-state index contributed by atoms with van der Waals surface area (Å²) in [5.74, 6) is -3.10. The normalized spacial score (nSPS) is 18.3. The number of rotatable bonds is 5. The molecular formula is C16H17N7O3. The van der Waals surface area contributed by atoms with Crippen LogP contribution in [0.4, 0.5) is 11.5 Å². The molecule has 1 aliphatic rings. The van der Waals surface area contributed by atoms with Gasteiger partial charge in [-0.1, -0.05) is 0 Å². The number of benzene rings is 1. The molecule has 0 bridgehead atoms. The van der Waals surface area contributed by atoms with E-state index in [4.69, 9.17) is 11.5 Å². The van der Waals surface area contributed by atoms with Crippen LogP contribution in [0.15, 0.2) is 30.5 Å². The fourth-order valence-corrected chi connectivity index (χ4v) is 2.34. The number of Topliss-reactive ketones (excluding diaryl/α,β-unsaturated/α-hetero) is 1. The van der Waals surface area contributed by atoms with Crippen LogP contribution in [0.1, 0.15) is 33.5 Å². The Morgan fingerprint density at radius 1 is 1.23 bits per heavy atom. The van der Waals surface area contributed by atoms with Gasteiger partial charge in [0.1, 0.15) is 0 Å². The monoisotopic (exact) mass is 355 g/mol. The quantitative estimate of drug-likeness (QED) is 0.481. The third kappa shape index (κ3) is 3.30. The lowest BCUT2D eigenvalue weighted by Gasteiger charge is -2.33. The zero-order valence-electron chi connectivity index (χ0n) is 13.9. The Kier molecular flexibility index (Phi) is 4.26. The van der Waals surface area contributed by atoms with Crippen LogP contribution < -0.4 is 27.4 Å². The molecular weight excluding hydrogens is 338 g/mol. The first-order valence-corrected chi connectivity index (χ1v) is 7.69. The van der Waals surface area contributed by atoms with Crippen molar-refractivity contribution in [2.45, 2.75) is 19.3 Å². The average molecular weight is 355 g/mol. The summed E-state index contributed by atoms with van der Waals surface area (Å²) in [4.78, 5) is 43.2. The summed E-state index contributed by atoms with van der Waals surface area (Å²) in [6.45, 7) is 1.55. The maximum Gasteiger partial charge on any atom is 0.276 e. The average Bonchev–Trinajstić information content (AvgIpc) is 2.60. The highest BCUT2D eigenvalue weighted by Gasteiger charge is 2.39. The second-order valence-corrected chi connectivity index (χ2v) is 5.80. The van der Waals surface area contributed by atoms with E-state index in [2.05, 4.69) is 25.9 Å². The van der Waals surface area contributed by atoms with E-state index in [-0.39, 0.29) is 11.5 Å². The van der Waals surface area contributed by atoms with Crippen LogP contribution in [0.5, 0.6) is 0 Å². The Balaban J connectivity index is 1.73. The van der Waals surface area contributed by atoms with E-state index >= 15 is 0 Å². The molecule has 0 fully saturated rings. The first-order valence-electron chi connectivity index (χ1n) is 7.69. The minimum absolute atomic E-state index is 0.0516. The molecule has 1 unspecified atom stereocenters. The van der Waals surface area contributed by atoms with Crippen molar-refractivity contribution >= 4 is 29.1 Å². The highest BCUT2D eigenvalue weighted by molar-refractivity contribution is 6.04. The number of amides is 2. The summed E-state index contributed by atoms with van der Waals surface area (Å²) in [5.41, 5.74) is 12.7. The van der Waals surface area contributed by atoms with Crippen molar-refractivity contribution in [1.82, 2.24) is 15.3 Å². The van der Waals surface area contributed by atoms with Gasteiger partial charge < -0.3 is 21.7 Å². The molecule has 1 aliphatic heterocycles. The molecule has 1 aromatic carbocycles. The molecule has 2 amide bonds. The summed E-state index contributed by atoms with van der Waals surface area (Å²) in [6, 6.07) is 6.61. The van der Waals surface area contributed by atoms with E-state index in [0.29, 0.717) is 17.8 Å². The van der Waals surface area contributed by atoms with Gasteiger partial charge in [0, 0.05) is 18.2 Å². The molecule has 1 aromatic heterocycles. The number of carbonyl (C=O) groups is 3. The van der Waals surface area contributed by atoms with Gasteiger partial charge in [-0.05, 0) is 24.3 Å². The third-order valence-electron chi connectivity index (χ3n) is 3.86. The van der Waals surface area contributed by atoms with Crippen molar-refractivity contribution in [2.75, 3.05) is 10.6 Å². The Morgan fingerprint density at radius 2 is 1.92 bits per heavy atom. The van der Waals surface area contributed by atoms with Crippen molar-refractivity contribution in [3.8, 4) is 0 Å². The number of hydrogen-bond acceptors (Lipinski definition) is 8. The summed E-state index contributed by atoms with van der Waals surface area (Å²) in [5, 5.41) is 8.15. The number of nitrogens with two attached hydrogens (primary N) is 2. The Bertz CT molecular complexity index is 897. The van der Waals surface area contributed by atoms with E-state index < -0.39 is 23.4 Å². The van der Waals surface area contributed by atoms with Gasteiger partial charge in [-0.15, -0.1) is 0 Å². The Hall–Kier alpha value is -3.53. The molecule has 0 aliphatic carbocycles. The second kappa shape index (κ2) is 6.41. The Labute approximate surface area is 148 Å². The summed E-state index contributed by atoms with van der Waals surface area (Å²) >= 11 is 0. The van der Waals surface area contributed by atoms with Crippen LogP contribution in [-0.4, -0.2) is 33.4 Å². The number of fused-ring (bicyclic) bond motifs is 1. The highest BCUT2D eigenvalue weighted by Crippen LogP contribution is 2.19. The van der Waals surface area contributed by atoms with E-state index in [1.54, 1.807) is 24.3 Å². The Morgan fingerprint density at radius 3 is 2.54 bits per heavy atom. The van der Waals surface area contributed by atoms with Crippen molar-refractivity contribution in [2.24, 2.45) is 11.5 Å². The molecule has 7 N–H and O–H groups in total. The first kappa shape index (κ1) is 17.3. The van der Waals surface area contributed by atoms with Gasteiger partial charge in [0.05, 0.1) is 18.4 Å². The minimum Gasteiger partial charge on any atom is -0.379 e. The molecule has 0 saturated heterocycles. The van der Waals surface area contributed by atoms with Crippen LogP contribution in [0, 0.1) is 0 Å². The maximum atomic E-state index is 12.2. The van der Waals surface area contributed by atoms with E-state index in [1.165, 1.54) is 13.1 Å². The van der Waals surface area contributed by atoms with Gasteiger partial charge in [0.2, 0.25) is 11.7 Å². The fourth-order valence-electron chi connectivity index (χ4n) is 2.34. The number of nitrogens with zero attached hydrogens (tertiary/aromatic N) is 2. The molecule has 26 heavy (non-hydrogen) atoms. The summed E-state index contributed by atoms with van der Waals surface area (Å²) in [7, 11) is 0. The predicted octanol–water partition coefficient (Wildman–Crippen LogP) is -0.456. The maximum absolute atomic E-state index is 12.2. The number of primary amides is 1. The SMILES string of the molecule is CC(=O)C1(N)NC(=O)c2nc(CNc3ccc(C(N)=O)cc3)cnc2N1. The molecule has 2 heterocycles. The van der Waals surface area contributed by atoms with Crippen molar-refractivity contribution in [3.05, 3.63) is 47.4 Å². The minimum atomic E-state index is -1.69. The van der Waals surface area contributed by atoms with Crippen LogP contribution in [0.2, 0.25) is 0 Å². The lowest BCUT2D eigenvalue weighted by Crippen LogP contribution is -2.68. The fraction of sp³-hybridized carbons (Fsp3) is 0.188. The zero-order valence-corrected chi connectivity index (χ0v) is 13.9. The number of anilines is 2.